The number of fused-ring (bicyclic) bond motifs is 1. The number of aromatic nitrogens is 3. The third kappa shape index (κ3) is 2.32. The molecule has 0 aliphatic carbocycles. The summed E-state index contributed by atoms with van der Waals surface area (Å²) in [5.41, 5.74) is 7.21. The number of nitrogens with two attached hydrogens (primary N) is 1. The molecule has 2 aromatic heterocycles. The first kappa shape index (κ1) is 11.8. The van der Waals surface area contributed by atoms with Gasteiger partial charge < -0.3 is 10.3 Å². The molecule has 3 rings (SSSR count). The second kappa shape index (κ2) is 5.16. The molecule has 2 heterocycles. The predicted octanol–water partition coefficient (Wildman–Crippen LogP) is 2.18. The van der Waals surface area contributed by atoms with Gasteiger partial charge >= 0.3 is 0 Å². The summed E-state index contributed by atoms with van der Waals surface area (Å²) in [5, 5.41) is 5.02. The van der Waals surface area contributed by atoms with E-state index in [2.05, 4.69) is 15.1 Å². The molecule has 3 aromatic rings. The van der Waals surface area contributed by atoms with Crippen LogP contribution in [0.25, 0.3) is 22.4 Å². The summed E-state index contributed by atoms with van der Waals surface area (Å²) in [7, 11) is 0. The van der Waals surface area contributed by atoms with Gasteiger partial charge in [0.15, 0.2) is 5.82 Å². The SMILES string of the molecule is NCCCc1noc(-c2cccc3cccnc23)n1. The summed E-state index contributed by atoms with van der Waals surface area (Å²) in [6.07, 6.45) is 3.35. The highest BCUT2D eigenvalue weighted by atomic mass is 16.5. The Kier molecular flexibility index (Phi) is 3.20. The number of aryl methyl sites for hydroxylation is 1. The van der Waals surface area contributed by atoms with Gasteiger partial charge in [-0.15, -0.1) is 0 Å². The Morgan fingerprint density at radius 2 is 2.05 bits per heavy atom. The van der Waals surface area contributed by atoms with E-state index in [-0.39, 0.29) is 0 Å². The maximum absolute atomic E-state index is 5.47. The average Bonchev–Trinajstić information content (AvgIpc) is 2.93. The van der Waals surface area contributed by atoms with Crippen LogP contribution in [0.2, 0.25) is 0 Å². The Morgan fingerprint density at radius 3 is 2.95 bits per heavy atom. The van der Waals surface area contributed by atoms with Crippen molar-refractivity contribution < 1.29 is 4.52 Å². The van der Waals surface area contributed by atoms with Gasteiger partial charge in [-0.25, -0.2) is 0 Å². The molecule has 5 heteroatoms. The summed E-state index contributed by atoms with van der Waals surface area (Å²) in [6, 6.07) is 9.83. The van der Waals surface area contributed by atoms with E-state index in [0.717, 1.165) is 29.3 Å². The van der Waals surface area contributed by atoms with Crippen molar-refractivity contribution in [3.63, 3.8) is 0 Å². The molecule has 0 radical (unpaired) electrons. The topological polar surface area (TPSA) is 77.8 Å². The highest BCUT2D eigenvalue weighted by Gasteiger charge is 2.12. The predicted molar refractivity (Wildman–Crippen MR) is 72.4 cm³/mol. The molecule has 0 amide bonds. The smallest absolute Gasteiger partial charge is 0.260 e. The first-order valence-electron chi connectivity index (χ1n) is 6.25. The van der Waals surface area contributed by atoms with E-state index < -0.39 is 0 Å². The van der Waals surface area contributed by atoms with Crippen molar-refractivity contribution in [3.8, 4) is 11.5 Å². The monoisotopic (exact) mass is 254 g/mol. The molecule has 96 valence electrons. The molecule has 0 fully saturated rings. The van der Waals surface area contributed by atoms with Crippen molar-refractivity contribution in [1.29, 1.82) is 0 Å². The van der Waals surface area contributed by atoms with E-state index in [0.29, 0.717) is 18.3 Å². The highest BCUT2D eigenvalue weighted by molar-refractivity contribution is 5.91. The van der Waals surface area contributed by atoms with E-state index in [9.17, 15) is 0 Å². The number of para-hydroxylation sites is 1. The average molecular weight is 254 g/mol. The van der Waals surface area contributed by atoms with Crippen LogP contribution in [0.15, 0.2) is 41.1 Å². The normalized spacial score (nSPS) is 11.0. The van der Waals surface area contributed by atoms with Crippen molar-refractivity contribution in [2.45, 2.75) is 12.8 Å². The number of benzene rings is 1. The molecule has 5 nitrogen and oxygen atoms in total. The molecule has 2 N–H and O–H groups in total. The fourth-order valence-corrected chi connectivity index (χ4v) is 2.00. The Morgan fingerprint density at radius 1 is 1.16 bits per heavy atom. The van der Waals surface area contributed by atoms with Crippen LogP contribution in [0.1, 0.15) is 12.2 Å². The third-order valence-corrected chi connectivity index (χ3v) is 2.94. The summed E-state index contributed by atoms with van der Waals surface area (Å²) < 4.78 is 5.31. The zero-order valence-electron chi connectivity index (χ0n) is 10.4. The molecule has 0 saturated carbocycles. The minimum absolute atomic E-state index is 0.510. The maximum Gasteiger partial charge on any atom is 0.260 e. The fraction of sp³-hybridized carbons (Fsp3) is 0.214. The van der Waals surface area contributed by atoms with Crippen LogP contribution in [0.5, 0.6) is 0 Å². The van der Waals surface area contributed by atoms with Gasteiger partial charge in [-0.1, -0.05) is 23.4 Å². The summed E-state index contributed by atoms with van der Waals surface area (Å²) in [5.74, 6) is 1.20. The van der Waals surface area contributed by atoms with Gasteiger partial charge in [-0.05, 0) is 25.1 Å². The molecule has 0 spiro atoms. The van der Waals surface area contributed by atoms with Crippen LogP contribution in [-0.2, 0) is 6.42 Å². The van der Waals surface area contributed by atoms with Gasteiger partial charge in [0.05, 0.1) is 11.1 Å². The minimum atomic E-state index is 0.510. The van der Waals surface area contributed by atoms with Gasteiger partial charge in [0.2, 0.25) is 0 Å². The van der Waals surface area contributed by atoms with Crippen LogP contribution in [0.4, 0.5) is 0 Å². The van der Waals surface area contributed by atoms with Crippen LogP contribution in [0.3, 0.4) is 0 Å². The summed E-state index contributed by atoms with van der Waals surface area (Å²) in [6.45, 7) is 0.625. The molecule has 0 atom stereocenters. The minimum Gasteiger partial charge on any atom is -0.334 e. The number of hydrogen-bond donors (Lipinski definition) is 1. The molecule has 0 unspecified atom stereocenters. The van der Waals surface area contributed by atoms with Crippen LogP contribution < -0.4 is 5.73 Å². The number of rotatable bonds is 4. The third-order valence-electron chi connectivity index (χ3n) is 2.94. The molecule has 0 saturated heterocycles. The molecular formula is C14H14N4O. The van der Waals surface area contributed by atoms with Gasteiger partial charge in [0, 0.05) is 18.0 Å². The van der Waals surface area contributed by atoms with E-state index >= 15 is 0 Å². The van der Waals surface area contributed by atoms with Gasteiger partial charge in [0.25, 0.3) is 5.89 Å². The zero-order valence-corrected chi connectivity index (χ0v) is 10.4. The van der Waals surface area contributed by atoms with Crippen molar-refractivity contribution in [3.05, 3.63) is 42.4 Å². The molecule has 0 aliphatic rings. The lowest BCUT2D eigenvalue weighted by molar-refractivity contribution is 0.422. The first-order chi connectivity index (χ1) is 9.38. The van der Waals surface area contributed by atoms with E-state index in [1.807, 2.05) is 30.3 Å². The van der Waals surface area contributed by atoms with Crippen molar-refractivity contribution in [2.24, 2.45) is 5.73 Å². The van der Waals surface area contributed by atoms with Crippen LogP contribution in [0, 0.1) is 0 Å². The van der Waals surface area contributed by atoms with Crippen LogP contribution in [-0.4, -0.2) is 21.7 Å². The summed E-state index contributed by atoms with van der Waals surface area (Å²) >= 11 is 0. The highest BCUT2D eigenvalue weighted by Crippen LogP contribution is 2.25. The van der Waals surface area contributed by atoms with E-state index in [1.165, 1.54) is 0 Å². The zero-order chi connectivity index (χ0) is 13.1. The van der Waals surface area contributed by atoms with Crippen molar-refractivity contribution in [2.75, 3.05) is 6.54 Å². The summed E-state index contributed by atoms with van der Waals surface area (Å²) in [4.78, 5) is 8.78. The van der Waals surface area contributed by atoms with Gasteiger partial charge in [0.1, 0.15) is 0 Å². The second-order valence-electron chi connectivity index (χ2n) is 4.29. The molecule has 19 heavy (non-hydrogen) atoms. The van der Waals surface area contributed by atoms with E-state index in [1.54, 1.807) is 6.20 Å². The number of hydrogen-bond acceptors (Lipinski definition) is 5. The molecule has 0 aliphatic heterocycles. The second-order valence-corrected chi connectivity index (χ2v) is 4.29. The Labute approximate surface area is 110 Å². The number of pyridine rings is 1. The van der Waals surface area contributed by atoms with Crippen molar-refractivity contribution in [1.82, 2.24) is 15.1 Å². The largest absolute Gasteiger partial charge is 0.334 e. The van der Waals surface area contributed by atoms with Gasteiger partial charge in [-0.2, -0.15) is 4.98 Å². The molecular weight excluding hydrogens is 240 g/mol. The molecule has 1 aromatic carbocycles. The molecule has 0 bridgehead atoms. The quantitative estimate of drug-likeness (QED) is 0.772. The van der Waals surface area contributed by atoms with Crippen molar-refractivity contribution >= 4 is 10.9 Å². The standard InChI is InChI=1S/C14H14N4O/c15-8-2-7-12-17-14(19-18-12)11-6-1-4-10-5-3-9-16-13(10)11/h1,3-6,9H,2,7-8,15H2. The Bertz CT molecular complexity index is 687. The van der Waals surface area contributed by atoms with Crippen LogP contribution >= 0.6 is 0 Å². The first-order valence-corrected chi connectivity index (χ1v) is 6.25. The maximum atomic E-state index is 5.47. The lowest BCUT2D eigenvalue weighted by atomic mass is 10.1. The Hall–Kier alpha value is -2.27. The van der Waals surface area contributed by atoms with E-state index in [4.69, 9.17) is 10.3 Å². The van der Waals surface area contributed by atoms with Gasteiger partial charge in [-0.3, -0.25) is 4.98 Å². The lowest BCUT2D eigenvalue weighted by Crippen LogP contribution is -2.01. The fourth-order valence-electron chi connectivity index (χ4n) is 2.00. The Balaban J connectivity index is 2.02. The number of nitrogens with zero attached hydrogens (tertiary/aromatic N) is 3. The lowest BCUT2D eigenvalue weighted by Gasteiger charge is -2.00.